The molecule has 8 nitrogen and oxygen atoms in total. The summed E-state index contributed by atoms with van der Waals surface area (Å²) in [6, 6.07) is 15.0. The van der Waals surface area contributed by atoms with E-state index in [0.29, 0.717) is 30.1 Å². The van der Waals surface area contributed by atoms with Gasteiger partial charge < -0.3 is 19.3 Å². The zero-order chi connectivity index (χ0) is 19.6. The van der Waals surface area contributed by atoms with Crippen LogP contribution < -0.4 is 14.8 Å². The average Bonchev–Trinajstić information content (AvgIpc) is 3.35. The summed E-state index contributed by atoms with van der Waals surface area (Å²) in [5.41, 5.74) is 1.89. The normalized spacial score (nSPS) is 15.4. The zero-order valence-electron chi connectivity index (χ0n) is 15.4. The van der Waals surface area contributed by atoms with Crippen molar-refractivity contribution in [3.63, 3.8) is 0 Å². The number of fused-ring (bicyclic) bond motifs is 2. The summed E-state index contributed by atoms with van der Waals surface area (Å²) < 4.78 is 18.6. The smallest absolute Gasteiger partial charge is 0.230 e. The first-order valence-electron chi connectivity index (χ1n) is 9.29. The van der Waals surface area contributed by atoms with Crippen molar-refractivity contribution in [2.45, 2.75) is 19.1 Å². The molecule has 0 saturated heterocycles. The minimum absolute atomic E-state index is 0.124. The third-order valence-electron chi connectivity index (χ3n) is 4.66. The lowest BCUT2D eigenvalue weighted by atomic mass is 10.1. The highest BCUT2D eigenvalue weighted by Gasteiger charge is 2.21. The second-order valence-corrected chi connectivity index (χ2v) is 6.80. The fraction of sp³-hybridized carbons (Fsp3) is 0.190. The number of carbonyl (C=O) groups excluding carboxylic acids is 1. The molecule has 146 valence electrons. The Morgan fingerprint density at radius 2 is 1.97 bits per heavy atom. The summed E-state index contributed by atoms with van der Waals surface area (Å²) in [5, 5.41) is 12.0. The summed E-state index contributed by atoms with van der Waals surface area (Å²) in [5.74, 6) is 1.29. The van der Waals surface area contributed by atoms with E-state index in [4.69, 9.17) is 14.0 Å². The van der Waals surface area contributed by atoms with Gasteiger partial charge in [-0.25, -0.2) is 0 Å². The fourth-order valence-electron chi connectivity index (χ4n) is 3.31. The van der Waals surface area contributed by atoms with Gasteiger partial charge in [0.1, 0.15) is 12.3 Å². The Bertz CT molecular complexity index is 1170. The van der Waals surface area contributed by atoms with Crippen LogP contribution in [0.1, 0.15) is 5.69 Å². The number of nitrogens with zero attached hydrogens (tertiary/aromatic N) is 3. The average molecular weight is 390 g/mol. The Hall–Kier alpha value is -3.81. The predicted octanol–water partition coefficient (Wildman–Crippen LogP) is 3.05. The number of amides is 1. The lowest BCUT2D eigenvalue weighted by molar-refractivity contribution is -0.115. The molecule has 0 saturated carbocycles. The van der Waals surface area contributed by atoms with Crippen molar-refractivity contribution >= 4 is 22.6 Å². The molecule has 0 bridgehead atoms. The van der Waals surface area contributed by atoms with Crippen molar-refractivity contribution in [1.82, 2.24) is 14.9 Å². The standard InChI is InChI=1S/C21H18N4O4/c26-21(9-17-16-5-1-2-6-18(16)29-24-17)23-14-10-22-25(11-14)12-15-13-27-19-7-3-4-8-20(19)28-15/h1-8,10-11,15H,9,12-13H2,(H,23,26)/t15-/m1/s1. The molecule has 1 atom stereocenters. The molecule has 0 radical (unpaired) electrons. The van der Waals surface area contributed by atoms with E-state index in [0.717, 1.165) is 16.9 Å². The van der Waals surface area contributed by atoms with Gasteiger partial charge in [0.25, 0.3) is 0 Å². The first-order valence-corrected chi connectivity index (χ1v) is 9.29. The molecule has 29 heavy (non-hydrogen) atoms. The van der Waals surface area contributed by atoms with E-state index >= 15 is 0 Å². The highest BCUT2D eigenvalue weighted by atomic mass is 16.6. The van der Waals surface area contributed by atoms with Gasteiger partial charge in [-0.05, 0) is 24.3 Å². The summed E-state index contributed by atoms with van der Waals surface area (Å²) >= 11 is 0. The van der Waals surface area contributed by atoms with Gasteiger partial charge in [0.05, 0.1) is 24.8 Å². The van der Waals surface area contributed by atoms with E-state index in [1.165, 1.54) is 0 Å². The summed E-state index contributed by atoms with van der Waals surface area (Å²) in [6.45, 7) is 0.954. The molecule has 0 aliphatic carbocycles. The Balaban J connectivity index is 1.20. The van der Waals surface area contributed by atoms with Crippen LogP contribution in [0.2, 0.25) is 0 Å². The summed E-state index contributed by atoms with van der Waals surface area (Å²) in [4.78, 5) is 12.4. The van der Waals surface area contributed by atoms with Crippen LogP contribution in [0.3, 0.4) is 0 Å². The number of nitrogens with one attached hydrogen (secondary N) is 1. The Morgan fingerprint density at radius 1 is 1.14 bits per heavy atom. The lowest BCUT2D eigenvalue weighted by Crippen LogP contribution is -2.33. The number of benzene rings is 2. The number of hydrogen-bond donors (Lipinski definition) is 1. The molecule has 2 aromatic carbocycles. The van der Waals surface area contributed by atoms with Crippen LogP contribution in [0.5, 0.6) is 11.5 Å². The number of hydrogen-bond acceptors (Lipinski definition) is 6. The molecular weight excluding hydrogens is 372 g/mol. The van der Waals surface area contributed by atoms with E-state index in [1.54, 1.807) is 17.1 Å². The van der Waals surface area contributed by atoms with Crippen LogP contribution in [-0.4, -0.2) is 33.6 Å². The number of aromatic nitrogens is 3. The maximum absolute atomic E-state index is 12.4. The van der Waals surface area contributed by atoms with Crippen molar-refractivity contribution in [2.75, 3.05) is 11.9 Å². The molecule has 8 heteroatoms. The monoisotopic (exact) mass is 390 g/mol. The van der Waals surface area contributed by atoms with Crippen molar-refractivity contribution in [3.05, 3.63) is 66.6 Å². The van der Waals surface area contributed by atoms with Crippen molar-refractivity contribution < 1.29 is 18.8 Å². The number of para-hydroxylation sites is 3. The van der Waals surface area contributed by atoms with Crippen molar-refractivity contribution in [2.24, 2.45) is 0 Å². The van der Waals surface area contributed by atoms with E-state index < -0.39 is 0 Å². The molecule has 0 spiro atoms. The Kier molecular flexibility index (Phi) is 4.36. The first-order chi connectivity index (χ1) is 14.2. The molecule has 1 aliphatic heterocycles. The number of anilines is 1. The van der Waals surface area contributed by atoms with E-state index in [9.17, 15) is 4.79 Å². The van der Waals surface area contributed by atoms with E-state index in [-0.39, 0.29) is 18.4 Å². The molecular formula is C21H18N4O4. The van der Waals surface area contributed by atoms with Crippen LogP contribution in [0, 0.1) is 0 Å². The lowest BCUT2D eigenvalue weighted by Gasteiger charge is -2.26. The molecule has 5 rings (SSSR count). The third-order valence-corrected chi connectivity index (χ3v) is 4.66. The largest absolute Gasteiger partial charge is 0.486 e. The van der Waals surface area contributed by atoms with E-state index in [2.05, 4.69) is 15.6 Å². The third kappa shape index (κ3) is 3.64. The van der Waals surface area contributed by atoms with Gasteiger partial charge in [0.15, 0.2) is 23.2 Å². The van der Waals surface area contributed by atoms with Crippen molar-refractivity contribution in [3.8, 4) is 11.5 Å². The molecule has 4 aromatic rings. The molecule has 2 aromatic heterocycles. The number of ether oxygens (including phenoxy) is 2. The fourth-order valence-corrected chi connectivity index (χ4v) is 3.31. The molecule has 1 aliphatic rings. The zero-order valence-corrected chi connectivity index (χ0v) is 15.4. The van der Waals surface area contributed by atoms with Gasteiger partial charge in [-0.2, -0.15) is 5.10 Å². The molecule has 1 amide bonds. The Morgan fingerprint density at radius 3 is 2.90 bits per heavy atom. The van der Waals surface area contributed by atoms with Crippen LogP contribution >= 0.6 is 0 Å². The van der Waals surface area contributed by atoms with Gasteiger partial charge in [-0.15, -0.1) is 0 Å². The van der Waals surface area contributed by atoms with Gasteiger partial charge in [-0.1, -0.05) is 29.4 Å². The van der Waals surface area contributed by atoms with Crippen LogP contribution in [0.15, 0.2) is 65.4 Å². The van der Waals surface area contributed by atoms with Gasteiger partial charge in [-0.3, -0.25) is 9.48 Å². The highest BCUT2D eigenvalue weighted by Crippen LogP contribution is 2.31. The summed E-state index contributed by atoms with van der Waals surface area (Å²) in [6.07, 6.45) is 3.34. The minimum Gasteiger partial charge on any atom is -0.486 e. The SMILES string of the molecule is O=C(Cc1noc2ccccc12)Nc1cnn(C[C@@H]2COc3ccccc3O2)c1. The number of rotatable bonds is 5. The maximum atomic E-state index is 12.4. The van der Waals surface area contributed by atoms with Gasteiger partial charge in [0, 0.05) is 11.6 Å². The highest BCUT2D eigenvalue weighted by molar-refractivity contribution is 5.94. The number of carbonyl (C=O) groups is 1. The topological polar surface area (TPSA) is 91.4 Å². The molecule has 0 unspecified atom stereocenters. The second kappa shape index (κ2) is 7.31. The summed E-state index contributed by atoms with van der Waals surface area (Å²) in [7, 11) is 0. The van der Waals surface area contributed by atoms with Gasteiger partial charge >= 0.3 is 0 Å². The first kappa shape index (κ1) is 17.3. The Labute approximate surface area is 166 Å². The predicted molar refractivity (Wildman–Crippen MR) is 105 cm³/mol. The van der Waals surface area contributed by atoms with Gasteiger partial charge in [0.2, 0.25) is 5.91 Å². The van der Waals surface area contributed by atoms with E-state index in [1.807, 2.05) is 48.5 Å². The molecule has 0 fully saturated rings. The molecule has 3 heterocycles. The second-order valence-electron chi connectivity index (χ2n) is 6.80. The van der Waals surface area contributed by atoms with Crippen molar-refractivity contribution in [1.29, 1.82) is 0 Å². The quantitative estimate of drug-likeness (QED) is 0.563. The maximum Gasteiger partial charge on any atom is 0.230 e. The van der Waals surface area contributed by atoms with Crippen LogP contribution in [0.25, 0.3) is 11.0 Å². The minimum atomic E-state index is -0.185. The van der Waals surface area contributed by atoms with Crippen LogP contribution in [0.4, 0.5) is 5.69 Å². The van der Waals surface area contributed by atoms with Crippen LogP contribution in [-0.2, 0) is 17.8 Å². The molecule has 1 N–H and O–H groups in total.